The number of aromatic amines is 1. The van der Waals surface area contributed by atoms with Crippen molar-refractivity contribution in [3.05, 3.63) is 24.0 Å². The van der Waals surface area contributed by atoms with Gasteiger partial charge in [0, 0.05) is 58.2 Å². The van der Waals surface area contributed by atoms with Gasteiger partial charge in [-0.25, -0.2) is 4.79 Å². The van der Waals surface area contributed by atoms with Gasteiger partial charge < -0.3 is 58.7 Å². The molecule has 3 saturated heterocycles. The third-order valence-corrected chi connectivity index (χ3v) is 11.3. The molecule has 15 heteroatoms. The van der Waals surface area contributed by atoms with E-state index in [9.17, 15) is 24.6 Å². The second-order valence-electron chi connectivity index (χ2n) is 16.3. The number of hydrogen-bond acceptors (Lipinski definition) is 12. The van der Waals surface area contributed by atoms with Crippen molar-refractivity contribution in [1.82, 2.24) is 20.1 Å². The Morgan fingerprint density at radius 2 is 1.75 bits per heavy atom. The zero-order valence-corrected chi connectivity index (χ0v) is 33.4. The number of aliphatic hydroxyl groups is 2. The lowest BCUT2D eigenvalue weighted by Gasteiger charge is -2.49. The van der Waals surface area contributed by atoms with Crippen LogP contribution in [0.15, 0.2) is 18.3 Å². The summed E-state index contributed by atoms with van der Waals surface area (Å²) in [6.45, 7) is 13.2. The van der Waals surface area contributed by atoms with E-state index in [2.05, 4.69) is 10.3 Å². The molecule has 53 heavy (non-hydrogen) atoms. The van der Waals surface area contributed by atoms with Crippen LogP contribution in [0.3, 0.4) is 0 Å². The molecule has 2 amide bonds. The van der Waals surface area contributed by atoms with Gasteiger partial charge in [-0.1, -0.05) is 20.8 Å². The summed E-state index contributed by atoms with van der Waals surface area (Å²) in [6, 6.07) is 3.06. The van der Waals surface area contributed by atoms with Gasteiger partial charge in [-0.05, 0) is 72.7 Å². The summed E-state index contributed by atoms with van der Waals surface area (Å²) in [6.07, 6.45) is -3.99. The molecule has 1 aromatic rings. The number of hydrogen-bond donors (Lipinski definition) is 4. The molecule has 3 fully saturated rings. The van der Waals surface area contributed by atoms with E-state index in [0.29, 0.717) is 18.7 Å². The van der Waals surface area contributed by atoms with E-state index in [1.165, 1.54) is 7.11 Å². The van der Waals surface area contributed by atoms with Crippen molar-refractivity contribution in [2.75, 3.05) is 41.3 Å². The van der Waals surface area contributed by atoms with Crippen molar-refractivity contribution in [3.63, 3.8) is 0 Å². The molecule has 3 aliphatic rings. The lowest BCUT2D eigenvalue weighted by Crippen LogP contribution is -2.61. The predicted molar refractivity (Wildman–Crippen MR) is 195 cm³/mol. The van der Waals surface area contributed by atoms with Gasteiger partial charge in [-0.2, -0.15) is 0 Å². The summed E-state index contributed by atoms with van der Waals surface area (Å²) < 4.78 is 37.9. The molecule has 3 aliphatic heterocycles. The first-order valence-corrected chi connectivity index (χ1v) is 18.9. The molecule has 4 heterocycles. The van der Waals surface area contributed by atoms with E-state index in [-0.39, 0.29) is 55.7 Å². The smallest absolute Gasteiger partial charge is 0.355 e. The number of esters is 1. The van der Waals surface area contributed by atoms with Crippen LogP contribution in [0, 0.1) is 17.8 Å². The number of aliphatic hydroxyl groups excluding tert-OH is 1. The lowest BCUT2D eigenvalue weighted by atomic mass is 9.77. The molecule has 14 atom stereocenters. The van der Waals surface area contributed by atoms with Crippen molar-refractivity contribution in [2.24, 2.45) is 17.8 Å². The Bertz CT molecular complexity index is 1360. The van der Waals surface area contributed by atoms with Crippen LogP contribution in [0.2, 0.25) is 0 Å². The van der Waals surface area contributed by atoms with Crippen LogP contribution in [0.5, 0.6) is 0 Å². The minimum absolute atomic E-state index is 0.116. The quantitative estimate of drug-likeness (QED) is 0.285. The number of ether oxygens (including phenoxy) is 6. The molecule has 0 radical (unpaired) electrons. The zero-order valence-electron chi connectivity index (χ0n) is 33.4. The molecule has 15 nitrogen and oxygen atoms in total. The van der Waals surface area contributed by atoms with Gasteiger partial charge in [0.05, 0.1) is 35.9 Å². The van der Waals surface area contributed by atoms with E-state index in [1.807, 2.05) is 46.7 Å². The predicted octanol–water partition coefficient (Wildman–Crippen LogP) is 2.30. The highest BCUT2D eigenvalue weighted by atomic mass is 16.7. The number of amides is 2. The van der Waals surface area contributed by atoms with Gasteiger partial charge in [0.1, 0.15) is 17.4 Å². The summed E-state index contributed by atoms with van der Waals surface area (Å²) in [5, 5.41) is 26.8. The molecule has 4 N–H and O–H groups in total. The molecular weight excluding hydrogens is 688 g/mol. The van der Waals surface area contributed by atoms with Crippen LogP contribution >= 0.6 is 0 Å². The highest BCUT2D eigenvalue weighted by Gasteiger charge is 2.52. The second-order valence-corrected chi connectivity index (χ2v) is 16.3. The SMILES string of the molecule is CO[C@]1(C)C[C@H](OC2[C@@H](C)C(=O)NCCC(=O)N(C)C[C@H](C)CC(C)(O)[C@H](O[C@@H]3O[C@H](C)C[C@H](N(C)C)[C@H]3O)[C@H]2C)O[C@@H](C)[C@@H]1OC(=O)c1ccc[nH]1. The van der Waals surface area contributed by atoms with Crippen molar-refractivity contribution in [1.29, 1.82) is 0 Å². The number of nitrogens with zero attached hydrogens (tertiary/aromatic N) is 2. The Morgan fingerprint density at radius 1 is 1.06 bits per heavy atom. The first-order chi connectivity index (χ1) is 24.8. The van der Waals surface area contributed by atoms with Crippen molar-refractivity contribution in [3.8, 4) is 0 Å². The monoisotopic (exact) mass is 752 g/mol. The first kappa shape index (κ1) is 43.1. The maximum absolute atomic E-state index is 13.8. The number of carbonyl (C=O) groups is 3. The maximum atomic E-state index is 13.8. The third kappa shape index (κ3) is 10.4. The summed E-state index contributed by atoms with van der Waals surface area (Å²) >= 11 is 0. The minimum Gasteiger partial charge on any atom is -0.452 e. The Kier molecular flexibility index (Phi) is 14.5. The van der Waals surface area contributed by atoms with Crippen LogP contribution in [0.25, 0.3) is 0 Å². The Morgan fingerprint density at radius 3 is 2.38 bits per heavy atom. The number of likely N-dealkylation sites (N-methyl/N-ethyl adjacent to an activating group) is 1. The first-order valence-electron chi connectivity index (χ1n) is 18.9. The summed E-state index contributed by atoms with van der Waals surface area (Å²) in [7, 11) is 7.02. The molecule has 4 rings (SSSR count). The van der Waals surface area contributed by atoms with E-state index in [4.69, 9.17) is 28.4 Å². The molecule has 0 aromatic carbocycles. The fourth-order valence-corrected chi connectivity index (χ4v) is 8.37. The van der Waals surface area contributed by atoms with Gasteiger partial charge in [-0.3, -0.25) is 9.59 Å². The van der Waals surface area contributed by atoms with Crippen molar-refractivity contribution < 1.29 is 53.0 Å². The molecule has 0 saturated carbocycles. The van der Waals surface area contributed by atoms with E-state index in [0.717, 1.165) is 0 Å². The van der Waals surface area contributed by atoms with Crippen molar-refractivity contribution >= 4 is 17.8 Å². The van der Waals surface area contributed by atoms with Crippen LogP contribution in [0.1, 0.15) is 84.6 Å². The average molecular weight is 753 g/mol. The fraction of sp³-hybridized carbons (Fsp3) is 0.816. The summed E-state index contributed by atoms with van der Waals surface area (Å²) in [4.78, 5) is 46.1. The highest BCUT2D eigenvalue weighted by molar-refractivity contribution is 5.87. The van der Waals surface area contributed by atoms with Gasteiger partial charge in [0.15, 0.2) is 18.7 Å². The normalized spacial score (nSPS) is 41.1. The molecule has 0 bridgehead atoms. The van der Waals surface area contributed by atoms with E-state index >= 15 is 0 Å². The topological polar surface area (TPSA) is 181 Å². The zero-order chi connectivity index (χ0) is 39.4. The van der Waals surface area contributed by atoms with Gasteiger partial charge in [0.25, 0.3) is 0 Å². The maximum Gasteiger partial charge on any atom is 0.355 e. The van der Waals surface area contributed by atoms with Crippen LogP contribution in [0.4, 0.5) is 0 Å². The molecular formula is C38H64N4O11. The van der Waals surface area contributed by atoms with Crippen LogP contribution < -0.4 is 5.32 Å². The third-order valence-electron chi connectivity index (χ3n) is 11.3. The number of nitrogens with one attached hydrogen (secondary N) is 2. The number of rotatable bonds is 8. The summed E-state index contributed by atoms with van der Waals surface area (Å²) in [5.41, 5.74) is -2.29. The van der Waals surface area contributed by atoms with Crippen molar-refractivity contribution in [2.45, 2.75) is 141 Å². The molecule has 1 aromatic heterocycles. The number of carbonyl (C=O) groups excluding carboxylic acids is 3. The van der Waals surface area contributed by atoms with Gasteiger partial charge >= 0.3 is 5.97 Å². The van der Waals surface area contributed by atoms with E-state index in [1.54, 1.807) is 51.0 Å². The highest BCUT2D eigenvalue weighted by Crippen LogP contribution is 2.40. The Hall–Kier alpha value is -2.63. The molecule has 302 valence electrons. The van der Waals surface area contributed by atoms with E-state index < -0.39 is 72.1 Å². The average Bonchev–Trinajstić information content (AvgIpc) is 3.63. The molecule has 2 unspecified atom stereocenters. The lowest BCUT2D eigenvalue weighted by molar-refractivity contribution is -0.317. The number of H-pyrrole nitrogens is 1. The number of aromatic nitrogens is 1. The fourth-order valence-electron chi connectivity index (χ4n) is 8.37. The second kappa shape index (κ2) is 17.9. The Balaban J connectivity index is 1.70. The Labute approximate surface area is 314 Å². The largest absolute Gasteiger partial charge is 0.452 e. The number of methoxy groups -OCH3 is 1. The van der Waals surface area contributed by atoms with Gasteiger partial charge in [0.2, 0.25) is 11.8 Å². The van der Waals surface area contributed by atoms with Crippen LogP contribution in [-0.2, 0) is 38.0 Å². The molecule has 0 aliphatic carbocycles. The standard InChI is InChI=1S/C38H64N4O11/c1-21-18-37(6,47)32(53-36-30(44)27(41(8)9)17-22(2)49-36)23(3)31(24(4)34(45)40-16-14-28(43)42(10)20-21)51-29-19-38(7,48-11)33(25(5)50-29)52-35(46)26-13-12-15-39-26/h12-13,15,21-25,27,29-33,36,39,44,47H,14,16-20H2,1-11H3,(H,40,45)/t21-,22-,23+,24-,25+,27+,29+,30-,31?,32-,33+,36+,37?,38-/m1/s1. The molecule has 0 spiro atoms. The van der Waals surface area contributed by atoms with Gasteiger partial charge in [-0.15, -0.1) is 0 Å². The summed E-state index contributed by atoms with van der Waals surface area (Å²) in [5.74, 6) is -2.68. The minimum atomic E-state index is -1.54. The van der Waals surface area contributed by atoms with Crippen LogP contribution in [-0.4, -0.2) is 151 Å².